The number of hydrogen-bond acceptors (Lipinski definition) is 4. The normalized spacial score (nSPS) is 11.2. The molecule has 0 aliphatic carbocycles. The van der Waals surface area contributed by atoms with Gasteiger partial charge in [-0.2, -0.15) is 5.10 Å². The maximum atomic E-state index is 12.8. The van der Waals surface area contributed by atoms with Gasteiger partial charge < -0.3 is 0 Å². The van der Waals surface area contributed by atoms with Gasteiger partial charge in [0.15, 0.2) is 0 Å². The van der Waals surface area contributed by atoms with Crippen molar-refractivity contribution in [3.63, 3.8) is 0 Å². The lowest BCUT2D eigenvalue weighted by molar-refractivity contribution is 0.0957. The number of nitrogens with one attached hydrogen (secondary N) is 1. The predicted molar refractivity (Wildman–Crippen MR) is 119 cm³/mol. The number of hydrogen-bond donors (Lipinski definition) is 1. The van der Waals surface area contributed by atoms with Crippen molar-refractivity contribution in [1.29, 1.82) is 0 Å². The summed E-state index contributed by atoms with van der Waals surface area (Å²) in [6, 6.07) is 20.8. The summed E-state index contributed by atoms with van der Waals surface area (Å²) >= 11 is 10.7. The fraction of sp³-hybridized carbons (Fsp3) is 0. The van der Waals surface area contributed by atoms with Crippen molar-refractivity contribution in [3.8, 4) is 11.3 Å². The molecule has 0 saturated heterocycles. The van der Waals surface area contributed by atoms with E-state index in [1.807, 2.05) is 54.6 Å². The van der Waals surface area contributed by atoms with E-state index in [1.54, 1.807) is 18.3 Å². The molecule has 0 fully saturated rings. The van der Waals surface area contributed by atoms with Gasteiger partial charge in [-0.05, 0) is 36.4 Å². The van der Waals surface area contributed by atoms with E-state index in [1.165, 1.54) is 11.3 Å². The molecule has 0 aliphatic heterocycles. The number of halogens is 2. The van der Waals surface area contributed by atoms with Gasteiger partial charge in [-0.25, -0.2) is 10.4 Å². The SMILES string of the molecule is O=C(N/N=C/c1ccc(Cl)s1)c1cc(-c2ccc(Br)cc2)nc2ccccc12. The molecule has 0 atom stereocenters. The maximum Gasteiger partial charge on any atom is 0.272 e. The van der Waals surface area contributed by atoms with Crippen LogP contribution in [-0.4, -0.2) is 17.1 Å². The molecule has 0 bridgehead atoms. The summed E-state index contributed by atoms with van der Waals surface area (Å²) in [4.78, 5) is 18.4. The molecule has 2 aromatic carbocycles. The molecule has 0 spiro atoms. The van der Waals surface area contributed by atoms with Crippen molar-refractivity contribution in [2.24, 2.45) is 5.10 Å². The van der Waals surface area contributed by atoms with Gasteiger partial charge in [-0.3, -0.25) is 4.79 Å². The largest absolute Gasteiger partial charge is 0.272 e. The van der Waals surface area contributed by atoms with Crippen molar-refractivity contribution < 1.29 is 4.79 Å². The Balaban J connectivity index is 1.69. The minimum atomic E-state index is -0.295. The second-order valence-electron chi connectivity index (χ2n) is 5.92. The second-order valence-corrected chi connectivity index (χ2v) is 8.58. The van der Waals surface area contributed by atoms with Crippen molar-refractivity contribution in [2.75, 3.05) is 0 Å². The zero-order valence-electron chi connectivity index (χ0n) is 14.4. The van der Waals surface area contributed by atoms with Crippen LogP contribution in [-0.2, 0) is 0 Å². The van der Waals surface area contributed by atoms with Gasteiger partial charge in [-0.1, -0.05) is 57.9 Å². The van der Waals surface area contributed by atoms with Crippen molar-refractivity contribution in [1.82, 2.24) is 10.4 Å². The van der Waals surface area contributed by atoms with Crippen LogP contribution in [0.5, 0.6) is 0 Å². The van der Waals surface area contributed by atoms with Gasteiger partial charge in [0, 0.05) is 20.3 Å². The number of rotatable bonds is 4. The quantitative estimate of drug-likeness (QED) is 0.287. The molecular weight excluding hydrogens is 458 g/mol. The minimum absolute atomic E-state index is 0.295. The van der Waals surface area contributed by atoms with E-state index < -0.39 is 0 Å². The van der Waals surface area contributed by atoms with Crippen LogP contribution < -0.4 is 5.43 Å². The fourth-order valence-electron chi connectivity index (χ4n) is 2.74. The lowest BCUT2D eigenvalue weighted by Crippen LogP contribution is -2.18. The van der Waals surface area contributed by atoms with Crippen molar-refractivity contribution in [3.05, 3.63) is 86.0 Å². The summed E-state index contributed by atoms with van der Waals surface area (Å²) in [7, 11) is 0. The first-order valence-corrected chi connectivity index (χ1v) is 10.3. The van der Waals surface area contributed by atoms with Gasteiger partial charge in [-0.15, -0.1) is 11.3 Å². The molecule has 0 aliphatic rings. The van der Waals surface area contributed by atoms with E-state index in [9.17, 15) is 4.79 Å². The average molecular weight is 471 g/mol. The Bertz CT molecular complexity index is 1190. The first kappa shape index (κ1) is 18.8. The lowest BCUT2D eigenvalue weighted by atomic mass is 10.0. The molecule has 0 unspecified atom stereocenters. The number of hydrazone groups is 1. The smallest absolute Gasteiger partial charge is 0.267 e. The summed E-state index contributed by atoms with van der Waals surface area (Å²) in [5, 5.41) is 4.83. The molecule has 138 valence electrons. The van der Waals surface area contributed by atoms with E-state index in [0.29, 0.717) is 9.90 Å². The molecule has 4 rings (SSSR count). The number of carbonyl (C=O) groups is 1. The zero-order chi connectivity index (χ0) is 19.5. The Hall–Kier alpha value is -2.54. The number of nitrogens with zero attached hydrogens (tertiary/aromatic N) is 2. The Labute approximate surface area is 179 Å². The third-order valence-electron chi connectivity index (χ3n) is 4.05. The van der Waals surface area contributed by atoms with Gasteiger partial charge in [0.05, 0.1) is 27.3 Å². The molecule has 28 heavy (non-hydrogen) atoms. The molecule has 4 nitrogen and oxygen atoms in total. The number of thiophene rings is 1. The number of aromatic nitrogens is 1. The van der Waals surface area contributed by atoms with E-state index >= 15 is 0 Å². The van der Waals surface area contributed by atoms with Crippen LogP contribution in [0.25, 0.3) is 22.2 Å². The Morgan fingerprint density at radius 2 is 1.89 bits per heavy atom. The Morgan fingerprint density at radius 1 is 1.11 bits per heavy atom. The summed E-state index contributed by atoms with van der Waals surface area (Å²) in [6.07, 6.45) is 1.58. The van der Waals surface area contributed by atoms with Crippen LogP contribution in [0.2, 0.25) is 4.34 Å². The first-order valence-electron chi connectivity index (χ1n) is 8.34. The highest BCUT2D eigenvalue weighted by Crippen LogP contribution is 2.26. The molecule has 0 radical (unpaired) electrons. The Morgan fingerprint density at radius 3 is 2.64 bits per heavy atom. The van der Waals surface area contributed by atoms with Crippen LogP contribution in [0.4, 0.5) is 0 Å². The molecule has 1 amide bonds. The molecule has 1 N–H and O–H groups in total. The van der Waals surface area contributed by atoms with E-state index in [0.717, 1.165) is 31.5 Å². The summed E-state index contributed by atoms with van der Waals surface area (Å²) in [5.41, 5.74) is 5.52. The second kappa shape index (κ2) is 8.22. The monoisotopic (exact) mass is 469 g/mol. The highest BCUT2D eigenvalue weighted by atomic mass is 79.9. The molecule has 2 aromatic heterocycles. The van der Waals surface area contributed by atoms with Crippen molar-refractivity contribution >= 4 is 61.9 Å². The van der Waals surface area contributed by atoms with E-state index in [4.69, 9.17) is 16.6 Å². The number of para-hydroxylation sites is 1. The van der Waals surface area contributed by atoms with Gasteiger partial charge in [0.2, 0.25) is 0 Å². The predicted octanol–water partition coefficient (Wildman–Crippen LogP) is 6.14. The first-order chi connectivity index (χ1) is 13.6. The Kier molecular flexibility index (Phi) is 5.52. The summed E-state index contributed by atoms with van der Waals surface area (Å²) in [6.45, 7) is 0. The zero-order valence-corrected chi connectivity index (χ0v) is 17.6. The standard InChI is InChI=1S/C21H13BrClN3OS/c22-14-7-5-13(6-8-14)19-11-17(16-3-1-2-4-18(16)25-19)21(27)26-24-12-15-9-10-20(23)28-15/h1-12H,(H,26,27)/b24-12+. The minimum Gasteiger partial charge on any atom is -0.267 e. The number of amides is 1. The molecule has 2 heterocycles. The molecule has 0 saturated carbocycles. The van der Waals surface area contributed by atoms with Crippen LogP contribution in [0.15, 0.2) is 76.3 Å². The highest BCUT2D eigenvalue weighted by Gasteiger charge is 2.13. The number of pyridine rings is 1. The topological polar surface area (TPSA) is 54.4 Å². The van der Waals surface area contributed by atoms with Gasteiger partial charge >= 0.3 is 0 Å². The summed E-state index contributed by atoms with van der Waals surface area (Å²) in [5.74, 6) is -0.295. The van der Waals surface area contributed by atoms with Gasteiger partial charge in [0.1, 0.15) is 0 Å². The lowest BCUT2D eigenvalue weighted by Gasteiger charge is -2.09. The van der Waals surface area contributed by atoms with Crippen molar-refractivity contribution in [2.45, 2.75) is 0 Å². The van der Waals surface area contributed by atoms with Crippen LogP contribution in [0.1, 0.15) is 15.2 Å². The molecule has 7 heteroatoms. The number of fused-ring (bicyclic) bond motifs is 1. The molecular formula is C21H13BrClN3OS. The highest BCUT2D eigenvalue weighted by molar-refractivity contribution is 9.10. The third kappa shape index (κ3) is 4.14. The fourth-order valence-corrected chi connectivity index (χ4v) is 3.94. The van der Waals surface area contributed by atoms with Crippen LogP contribution in [0.3, 0.4) is 0 Å². The molecule has 4 aromatic rings. The van der Waals surface area contributed by atoms with E-state index in [2.05, 4.69) is 26.5 Å². The van der Waals surface area contributed by atoms with Crippen LogP contribution in [0, 0.1) is 0 Å². The summed E-state index contributed by atoms with van der Waals surface area (Å²) < 4.78 is 1.66. The van der Waals surface area contributed by atoms with Gasteiger partial charge in [0.25, 0.3) is 5.91 Å². The maximum absolute atomic E-state index is 12.8. The number of benzene rings is 2. The van der Waals surface area contributed by atoms with E-state index in [-0.39, 0.29) is 5.91 Å². The third-order valence-corrected chi connectivity index (χ3v) is 5.75. The average Bonchev–Trinajstić information content (AvgIpc) is 3.12. The number of carbonyl (C=O) groups excluding carboxylic acids is 1. The van der Waals surface area contributed by atoms with Crippen LogP contribution >= 0.6 is 38.9 Å².